The predicted octanol–water partition coefficient (Wildman–Crippen LogP) is 6.03. The average Bonchev–Trinajstić information content (AvgIpc) is 3.72. The first-order valence-electron chi connectivity index (χ1n) is 13.9. The summed E-state index contributed by atoms with van der Waals surface area (Å²) >= 11 is 0. The van der Waals surface area contributed by atoms with Gasteiger partial charge in [-0.25, -0.2) is 0 Å². The number of nitrogens with one attached hydrogen (secondary N) is 1. The highest BCUT2D eigenvalue weighted by molar-refractivity contribution is 5.99. The third-order valence-corrected chi connectivity index (χ3v) is 7.90. The quantitative estimate of drug-likeness (QED) is 0.512. The van der Waals surface area contributed by atoms with Crippen LogP contribution in [0.15, 0.2) is 65.5 Å². The average molecular weight is 501 g/mol. The van der Waals surface area contributed by atoms with Crippen LogP contribution in [-0.2, 0) is 11.2 Å². The van der Waals surface area contributed by atoms with Crippen molar-refractivity contribution in [2.45, 2.75) is 71.8 Å². The molecule has 2 aliphatic heterocycles. The number of amides is 1. The fourth-order valence-electron chi connectivity index (χ4n) is 5.39. The molecule has 4 rings (SSSR count). The summed E-state index contributed by atoms with van der Waals surface area (Å²) in [5.74, 6) is 0.633. The van der Waals surface area contributed by atoms with Crippen molar-refractivity contribution in [2.75, 3.05) is 26.7 Å². The van der Waals surface area contributed by atoms with Crippen LogP contribution in [0.5, 0.6) is 0 Å². The number of likely N-dealkylation sites (N-methyl/N-ethyl adjacent to an activating group) is 1. The normalized spacial score (nSPS) is 27.2. The number of aryl methyl sites for hydroxylation is 2. The number of carbonyl (C=O) groups excluding carboxylic acids is 1. The van der Waals surface area contributed by atoms with Crippen LogP contribution < -0.4 is 5.32 Å². The summed E-state index contributed by atoms with van der Waals surface area (Å²) in [5.41, 5.74) is 9.01. The molecule has 0 bridgehead atoms. The van der Waals surface area contributed by atoms with Gasteiger partial charge in [0.2, 0.25) is 5.91 Å². The van der Waals surface area contributed by atoms with Crippen LogP contribution >= 0.6 is 0 Å². The molecule has 1 aromatic carbocycles. The van der Waals surface area contributed by atoms with Crippen molar-refractivity contribution in [1.29, 1.82) is 0 Å². The number of nitrogens with zero attached hydrogens (tertiary/aromatic N) is 3. The summed E-state index contributed by atoms with van der Waals surface area (Å²) in [7, 11) is 2.08. The molecule has 198 valence electrons. The Hall–Kier alpha value is -3.08. The summed E-state index contributed by atoms with van der Waals surface area (Å²) in [6, 6.07) is 6.73. The fourth-order valence-corrected chi connectivity index (χ4v) is 5.39. The van der Waals surface area contributed by atoms with Gasteiger partial charge in [0.25, 0.3) is 0 Å². The first-order valence-corrected chi connectivity index (χ1v) is 13.9. The molecule has 1 saturated heterocycles. The van der Waals surface area contributed by atoms with E-state index in [1.54, 1.807) is 0 Å². The lowest BCUT2D eigenvalue weighted by Crippen LogP contribution is -2.39. The number of carbonyl (C=O) groups is 1. The Kier molecular flexibility index (Phi) is 8.73. The van der Waals surface area contributed by atoms with Gasteiger partial charge in [-0.2, -0.15) is 0 Å². The Morgan fingerprint density at radius 1 is 1.00 bits per heavy atom. The monoisotopic (exact) mass is 500 g/mol. The molecular formula is C32H44N4O. The van der Waals surface area contributed by atoms with E-state index >= 15 is 0 Å². The molecule has 2 fully saturated rings. The minimum atomic E-state index is 0.0920. The lowest BCUT2D eigenvalue weighted by atomic mass is 9.91. The highest BCUT2D eigenvalue weighted by atomic mass is 16.1. The molecule has 2 heterocycles. The number of fused-ring (bicyclic) bond motifs is 2. The molecule has 1 aromatic rings. The number of piperidine rings is 1. The first-order chi connectivity index (χ1) is 17.7. The van der Waals surface area contributed by atoms with E-state index in [0.29, 0.717) is 25.3 Å². The first kappa shape index (κ1) is 27.0. The molecular weight excluding hydrogens is 456 g/mol. The van der Waals surface area contributed by atoms with Crippen LogP contribution in [0.2, 0.25) is 0 Å². The van der Waals surface area contributed by atoms with Gasteiger partial charge >= 0.3 is 0 Å². The third-order valence-electron chi connectivity index (χ3n) is 7.90. The van der Waals surface area contributed by atoms with Crippen LogP contribution in [0.1, 0.15) is 69.1 Å². The van der Waals surface area contributed by atoms with Crippen LogP contribution in [0.4, 0.5) is 0 Å². The number of hydrogen-bond donors (Lipinski definition) is 1. The Morgan fingerprint density at radius 2 is 1.78 bits per heavy atom. The van der Waals surface area contributed by atoms with Crippen LogP contribution in [0.25, 0.3) is 5.70 Å². The molecule has 0 spiro atoms. The molecule has 0 radical (unpaired) electrons. The largest absolute Gasteiger partial charge is 0.376 e. The maximum absolute atomic E-state index is 12.7. The number of benzene rings is 1. The van der Waals surface area contributed by atoms with E-state index in [1.165, 1.54) is 36.1 Å². The molecule has 1 amide bonds. The fraction of sp³-hybridized carbons (Fsp3) is 0.500. The van der Waals surface area contributed by atoms with E-state index in [9.17, 15) is 4.79 Å². The summed E-state index contributed by atoms with van der Waals surface area (Å²) in [6.45, 7) is 17.8. The van der Waals surface area contributed by atoms with Gasteiger partial charge in [-0.1, -0.05) is 30.9 Å². The smallest absolute Gasteiger partial charge is 0.220 e. The topological polar surface area (TPSA) is 47.9 Å². The van der Waals surface area contributed by atoms with Gasteiger partial charge in [-0.3, -0.25) is 9.79 Å². The standard InChI is InChI=1S/C32H44N4O/c1-22-10-11-27-14-15-32(37)33-16-18-35(6)25(4)21-30(28-12-13-28)34-24(3)20-23(2)31-9-7-8-17-36(31)26(5)29(27)19-22/h10-11,19-21,28,31H,2,5,7-9,12-18H2,1,3-4,6H3,(H,33,37)/b24-20+,25-21+,34-30+. The van der Waals surface area contributed by atoms with Gasteiger partial charge in [0.05, 0.1) is 6.04 Å². The van der Waals surface area contributed by atoms with E-state index < -0.39 is 0 Å². The zero-order chi connectivity index (χ0) is 26.5. The Bertz CT molecular complexity index is 1140. The maximum Gasteiger partial charge on any atom is 0.220 e. The molecule has 0 aromatic heterocycles. The molecule has 1 atom stereocenters. The highest BCUT2D eigenvalue weighted by Crippen LogP contribution is 2.34. The number of allylic oxidation sites excluding steroid dienone is 3. The molecule has 1 aliphatic carbocycles. The van der Waals surface area contributed by atoms with Gasteiger partial charge < -0.3 is 15.1 Å². The second-order valence-electron chi connectivity index (χ2n) is 11.0. The van der Waals surface area contributed by atoms with E-state index in [0.717, 1.165) is 54.2 Å². The summed E-state index contributed by atoms with van der Waals surface area (Å²) in [6.07, 6.45) is 11.4. The SMILES string of the molecule is C=C1/C=C(C)/N=C(C2CC2)\C=C(/C)N(C)CCNC(=O)CCc2ccc(C)cc2C(=C)N2CCCCC12. The number of aliphatic imine (C=N–C) groups is 1. The van der Waals surface area contributed by atoms with Crippen molar-refractivity contribution in [2.24, 2.45) is 10.9 Å². The Labute approximate surface area is 223 Å². The van der Waals surface area contributed by atoms with Crippen molar-refractivity contribution in [3.63, 3.8) is 0 Å². The minimum Gasteiger partial charge on any atom is -0.376 e. The minimum absolute atomic E-state index is 0.0920. The van der Waals surface area contributed by atoms with Crippen molar-refractivity contribution in [3.05, 3.63) is 77.2 Å². The molecule has 5 heteroatoms. The van der Waals surface area contributed by atoms with Crippen LogP contribution in [0.3, 0.4) is 0 Å². The molecule has 37 heavy (non-hydrogen) atoms. The van der Waals surface area contributed by atoms with Crippen molar-refractivity contribution < 1.29 is 4.79 Å². The number of rotatable bonds is 1. The molecule has 1 N–H and O–H groups in total. The lowest BCUT2D eigenvalue weighted by molar-refractivity contribution is -0.121. The zero-order valence-corrected chi connectivity index (χ0v) is 23.3. The van der Waals surface area contributed by atoms with E-state index in [1.807, 2.05) is 0 Å². The molecule has 3 aliphatic rings. The summed E-state index contributed by atoms with van der Waals surface area (Å²) in [5, 5.41) is 3.11. The van der Waals surface area contributed by atoms with E-state index in [4.69, 9.17) is 4.99 Å². The van der Waals surface area contributed by atoms with Gasteiger partial charge in [-0.05, 0) is 88.7 Å². The zero-order valence-electron chi connectivity index (χ0n) is 23.3. The highest BCUT2D eigenvalue weighted by Gasteiger charge is 2.28. The summed E-state index contributed by atoms with van der Waals surface area (Å²) < 4.78 is 0. The maximum atomic E-state index is 12.7. The van der Waals surface area contributed by atoms with Crippen molar-refractivity contribution >= 4 is 17.3 Å². The van der Waals surface area contributed by atoms with E-state index in [2.05, 4.69) is 86.4 Å². The van der Waals surface area contributed by atoms with E-state index in [-0.39, 0.29) is 11.9 Å². The van der Waals surface area contributed by atoms with Gasteiger partial charge in [0.15, 0.2) is 0 Å². The Balaban J connectivity index is 1.70. The second kappa shape index (κ2) is 12.0. The Morgan fingerprint density at radius 3 is 2.54 bits per heavy atom. The van der Waals surface area contributed by atoms with Gasteiger partial charge in [0.1, 0.15) is 0 Å². The molecule has 1 unspecified atom stereocenters. The third kappa shape index (κ3) is 7.03. The second-order valence-corrected chi connectivity index (χ2v) is 11.0. The number of hydrogen-bond acceptors (Lipinski definition) is 4. The van der Waals surface area contributed by atoms with Crippen LogP contribution in [-0.4, -0.2) is 54.1 Å². The van der Waals surface area contributed by atoms with Crippen molar-refractivity contribution in [3.8, 4) is 0 Å². The van der Waals surface area contributed by atoms with Crippen molar-refractivity contribution in [1.82, 2.24) is 15.1 Å². The lowest BCUT2D eigenvalue weighted by Gasteiger charge is -2.40. The summed E-state index contributed by atoms with van der Waals surface area (Å²) in [4.78, 5) is 22.4. The van der Waals surface area contributed by atoms with Gasteiger partial charge in [-0.15, -0.1) is 0 Å². The predicted molar refractivity (Wildman–Crippen MR) is 155 cm³/mol. The molecule has 5 nitrogen and oxygen atoms in total. The van der Waals surface area contributed by atoms with Gasteiger partial charge in [0, 0.05) is 67.4 Å². The van der Waals surface area contributed by atoms with Crippen LogP contribution in [0, 0.1) is 12.8 Å². The molecule has 1 saturated carbocycles.